The van der Waals surface area contributed by atoms with Crippen LogP contribution in [0.4, 0.5) is 5.69 Å². The minimum absolute atomic E-state index is 0.383. The highest BCUT2D eigenvalue weighted by atomic mass is 16.5. The smallest absolute Gasteiger partial charge is 0.121 e. The van der Waals surface area contributed by atoms with E-state index in [1.165, 1.54) is 31.4 Å². The van der Waals surface area contributed by atoms with Gasteiger partial charge in [-0.25, -0.2) is 0 Å². The zero-order valence-corrected chi connectivity index (χ0v) is 11.6. The number of nitrogens with two attached hydrogens (primary N) is 1. The van der Waals surface area contributed by atoms with Gasteiger partial charge in [-0.2, -0.15) is 0 Å². The van der Waals surface area contributed by atoms with E-state index in [1.54, 1.807) is 0 Å². The molecule has 0 amide bonds. The Kier molecular flexibility index (Phi) is 3.92. The number of hydrogen-bond acceptors (Lipinski definition) is 3. The van der Waals surface area contributed by atoms with Crippen molar-refractivity contribution in [2.24, 2.45) is 5.73 Å². The average Bonchev–Trinajstić information content (AvgIpc) is 2.93. The second kappa shape index (κ2) is 5.83. The lowest BCUT2D eigenvalue weighted by Crippen LogP contribution is -2.39. The van der Waals surface area contributed by atoms with Crippen LogP contribution in [0.3, 0.4) is 0 Å². The molecule has 3 heteroatoms. The molecule has 0 bridgehead atoms. The van der Waals surface area contributed by atoms with Gasteiger partial charge in [-0.3, -0.25) is 0 Å². The first-order chi connectivity index (χ1) is 9.31. The molecule has 0 unspecified atom stereocenters. The van der Waals surface area contributed by atoms with Crippen LogP contribution in [0.25, 0.3) is 0 Å². The van der Waals surface area contributed by atoms with Gasteiger partial charge < -0.3 is 15.4 Å². The Morgan fingerprint density at radius 1 is 1.05 bits per heavy atom. The van der Waals surface area contributed by atoms with Crippen LogP contribution >= 0.6 is 0 Å². The summed E-state index contributed by atoms with van der Waals surface area (Å²) in [5, 5.41) is 0. The Labute approximate surface area is 115 Å². The second-order valence-corrected chi connectivity index (χ2v) is 5.85. The average molecular weight is 260 g/mol. The van der Waals surface area contributed by atoms with E-state index in [0.717, 1.165) is 31.7 Å². The summed E-state index contributed by atoms with van der Waals surface area (Å²) in [5.74, 6) is 1.03. The molecule has 1 aliphatic heterocycles. The molecule has 0 radical (unpaired) electrons. The third-order valence-corrected chi connectivity index (χ3v) is 4.33. The summed E-state index contributed by atoms with van der Waals surface area (Å²) in [6, 6.07) is 8.94. The number of anilines is 1. The molecule has 1 aliphatic carbocycles. The van der Waals surface area contributed by atoms with Crippen molar-refractivity contribution in [1.29, 1.82) is 0 Å². The number of hydrogen-bond donors (Lipinski definition) is 1. The van der Waals surface area contributed by atoms with Crippen LogP contribution in [-0.4, -0.2) is 25.2 Å². The van der Waals surface area contributed by atoms with Crippen molar-refractivity contribution in [3.8, 4) is 5.75 Å². The predicted octanol–water partition coefficient (Wildman–Crippen LogP) is 2.94. The van der Waals surface area contributed by atoms with Crippen LogP contribution in [0.15, 0.2) is 24.3 Å². The van der Waals surface area contributed by atoms with Crippen LogP contribution in [-0.2, 0) is 0 Å². The van der Waals surface area contributed by atoms with E-state index in [-0.39, 0.29) is 0 Å². The van der Waals surface area contributed by atoms with Crippen molar-refractivity contribution in [2.75, 3.05) is 18.0 Å². The molecule has 3 rings (SSSR count). The van der Waals surface area contributed by atoms with Crippen molar-refractivity contribution in [1.82, 2.24) is 0 Å². The van der Waals surface area contributed by atoms with E-state index >= 15 is 0 Å². The van der Waals surface area contributed by atoms with Gasteiger partial charge in [-0.1, -0.05) is 6.07 Å². The largest absolute Gasteiger partial charge is 0.490 e. The number of benzene rings is 1. The molecule has 1 aromatic carbocycles. The van der Waals surface area contributed by atoms with Crippen molar-refractivity contribution in [3.63, 3.8) is 0 Å². The van der Waals surface area contributed by atoms with Crippen LogP contribution < -0.4 is 15.4 Å². The molecule has 2 aliphatic rings. The maximum Gasteiger partial charge on any atom is 0.121 e. The summed E-state index contributed by atoms with van der Waals surface area (Å²) >= 11 is 0. The van der Waals surface area contributed by atoms with Gasteiger partial charge in [-0.05, 0) is 50.7 Å². The standard InChI is InChI=1S/C16H24N2O/c17-13-8-10-18(11-9-13)14-4-3-7-16(12-14)19-15-5-1-2-6-15/h3-4,7,12-13,15H,1-2,5-6,8-11,17H2. The van der Waals surface area contributed by atoms with Crippen LogP contribution in [0.1, 0.15) is 38.5 Å². The molecule has 19 heavy (non-hydrogen) atoms. The van der Waals surface area contributed by atoms with Gasteiger partial charge in [-0.15, -0.1) is 0 Å². The van der Waals surface area contributed by atoms with Gasteiger partial charge in [0.1, 0.15) is 5.75 Å². The third kappa shape index (κ3) is 3.21. The van der Waals surface area contributed by atoms with E-state index < -0.39 is 0 Å². The van der Waals surface area contributed by atoms with Crippen LogP contribution in [0.2, 0.25) is 0 Å². The summed E-state index contributed by atoms with van der Waals surface area (Å²) in [7, 11) is 0. The summed E-state index contributed by atoms with van der Waals surface area (Å²) in [6.45, 7) is 2.13. The Morgan fingerprint density at radius 2 is 1.79 bits per heavy atom. The zero-order chi connectivity index (χ0) is 13.1. The van der Waals surface area contributed by atoms with Crippen molar-refractivity contribution >= 4 is 5.69 Å². The quantitative estimate of drug-likeness (QED) is 0.908. The number of piperidine rings is 1. The molecule has 2 N–H and O–H groups in total. The molecule has 1 heterocycles. The fourth-order valence-electron chi connectivity index (χ4n) is 3.11. The van der Waals surface area contributed by atoms with E-state index in [0.29, 0.717) is 12.1 Å². The zero-order valence-electron chi connectivity index (χ0n) is 11.6. The van der Waals surface area contributed by atoms with E-state index in [1.807, 2.05) is 0 Å². The first-order valence-corrected chi connectivity index (χ1v) is 7.58. The van der Waals surface area contributed by atoms with E-state index in [9.17, 15) is 0 Å². The molecule has 2 fully saturated rings. The van der Waals surface area contributed by atoms with Gasteiger partial charge in [0.25, 0.3) is 0 Å². The SMILES string of the molecule is NC1CCN(c2cccc(OC3CCCC3)c2)CC1. The molecular formula is C16H24N2O. The highest BCUT2D eigenvalue weighted by molar-refractivity contribution is 5.51. The Bertz CT molecular complexity index is 407. The summed E-state index contributed by atoms with van der Waals surface area (Å²) in [6.07, 6.45) is 7.67. The maximum absolute atomic E-state index is 6.08. The maximum atomic E-state index is 6.08. The lowest BCUT2D eigenvalue weighted by molar-refractivity contribution is 0.210. The van der Waals surface area contributed by atoms with Crippen LogP contribution in [0, 0.1) is 0 Å². The summed E-state index contributed by atoms with van der Waals surface area (Å²) in [4.78, 5) is 2.42. The minimum atomic E-state index is 0.383. The lowest BCUT2D eigenvalue weighted by atomic mass is 10.1. The van der Waals surface area contributed by atoms with Gasteiger partial charge in [0.2, 0.25) is 0 Å². The number of rotatable bonds is 3. The normalized spacial score (nSPS) is 21.8. The van der Waals surface area contributed by atoms with Gasteiger partial charge >= 0.3 is 0 Å². The van der Waals surface area contributed by atoms with Gasteiger partial charge in [0, 0.05) is 30.9 Å². The Balaban J connectivity index is 1.65. The molecule has 104 valence electrons. The molecule has 1 aromatic rings. The Morgan fingerprint density at radius 3 is 2.53 bits per heavy atom. The first-order valence-electron chi connectivity index (χ1n) is 7.58. The predicted molar refractivity (Wildman–Crippen MR) is 78.7 cm³/mol. The minimum Gasteiger partial charge on any atom is -0.490 e. The molecule has 0 atom stereocenters. The van der Waals surface area contributed by atoms with E-state index in [4.69, 9.17) is 10.5 Å². The highest BCUT2D eigenvalue weighted by Crippen LogP contribution is 2.28. The van der Waals surface area contributed by atoms with E-state index in [2.05, 4.69) is 29.2 Å². The van der Waals surface area contributed by atoms with Gasteiger partial charge in [0.15, 0.2) is 0 Å². The Hall–Kier alpha value is -1.22. The molecule has 3 nitrogen and oxygen atoms in total. The number of nitrogens with zero attached hydrogens (tertiary/aromatic N) is 1. The fourth-order valence-corrected chi connectivity index (χ4v) is 3.11. The second-order valence-electron chi connectivity index (χ2n) is 5.85. The topological polar surface area (TPSA) is 38.5 Å². The molecular weight excluding hydrogens is 236 g/mol. The molecule has 0 aromatic heterocycles. The lowest BCUT2D eigenvalue weighted by Gasteiger charge is -2.32. The van der Waals surface area contributed by atoms with Crippen molar-refractivity contribution in [3.05, 3.63) is 24.3 Å². The summed E-state index contributed by atoms with van der Waals surface area (Å²) in [5.41, 5.74) is 7.24. The number of ether oxygens (including phenoxy) is 1. The first kappa shape index (κ1) is 12.8. The third-order valence-electron chi connectivity index (χ3n) is 4.33. The monoisotopic (exact) mass is 260 g/mol. The highest BCUT2D eigenvalue weighted by Gasteiger charge is 2.18. The molecule has 1 saturated carbocycles. The fraction of sp³-hybridized carbons (Fsp3) is 0.625. The van der Waals surface area contributed by atoms with Crippen molar-refractivity contribution in [2.45, 2.75) is 50.7 Å². The summed E-state index contributed by atoms with van der Waals surface area (Å²) < 4.78 is 6.08. The van der Waals surface area contributed by atoms with Crippen molar-refractivity contribution < 1.29 is 4.74 Å². The molecule has 0 spiro atoms. The van der Waals surface area contributed by atoms with Gasteiger partial charge in [0.05, 0.1) is 6.10 Å². The van der Waals surface area contributed by atoms with Crippen LogP contribution in [0.5, 0.6) is 5.75 Å². The molecule has 1 saturated heterocycles.